The average Bonchev–Trinajstić information content (AvgIpc) is 4.01. The summed E-state index contributed by atoms with van der Waals surface area (Å²) in [5.74, 6) is 1.92. The van der Waals surface area contributed by atoms with Crippen molar-refractivity contribution in [3.8, 4) is 0 Å². The molecule has 0 spiro atoms. The fourth-order valence-electron chi connectivity index (χ4n) is 12.6. The Balaban J connectivity index is 0.645. The van der Waals surface area contributed by atoms with Gasteiger partial charge in [-0.1, -0.05) is 158 Å². The molecule has 2 saturated heterocycles. The number of likely N-dealkylation sites (tertiary alicyclic amines) is 1. The van der Waals surface area contributed by atoms with Crippen LogP contribution in [0.1, 0.15) is 141 Å². The zero-order chi connectivity index (χ0) is 50.9. The topological polar surface area (TPSA) is 66.2 Å². The number of anilines is 2. The van der Waals surface area contributed by atoms with Crippen molar-refractivity contribution in [3.63, 3.8) is 0 Å². The molecule has 1 unspecified atom stereocenters. The van der Waals surface area contributed by atoms with Gasteiger partial charge in [-0.2, -0.15) is 0 Å². The Morgan fingerprint density at radius 1 is 0.822 bits per heavy atom. The molecule has 4 aliphatic rings. The Morgan fingerprint density at radius 3 is 2.25 bits per heavy atom. The summed E-state index contributed by atoms with van der Waals surface area (Å²) in [6.07, 6.45) is 20.8. The van der Waals surface area contributed by atoms with Crippen LogP contribution in [0.25, 0.3) is 29.6 Å². The molecule has 0 bridgehead atoms. The van der Waals surface area contributed by atoms with E-state index in [9.17, 15) is 0 Å². The molecule has 0 amide bonds. The van der Waals surface area contributed by atoms with Crippen LogP contribution in [-0.4, -0.2) is 43.9 Å². The highest BCUT2D eigenvalue weighted by atomic mass is 127. The number of allylic oxidation sites excluding steroid dienone is 2. The van der Waals surface area contributed by atoms with E-state index in [1.54, 1.807) is 0 Å². The molecule has 3 aliphatic heterocycles. The van der Waals surface area contributed by atoms with Crippen molar-refractivity contribution in [1.29, 1.82) is 0 Å². The molecule has 2 N–H and O–H groups in total. The minimum Gasteiger partial charge on any atom is -0.384 e. The van der Waals surface area contributed by atoms with Crippen molar-refractivity contribution in [2.45, 2.75) is 136 Å². The first-order valence-electron chi connectivity index (χ1n) is 27.2. The lowest BCUT2D eigenvalue weighted by Crippen LogP contribution is -2.37. The summed E-state index contributed by atoms with van der Waals surface area (Å²) in [5.41, 5.74) is 15.6. The largest absolute Gasteiger partial charge is 0.384 e. The second-order valence-electron chi connectivity index (χ2n) is 22.1. The Labute approximate surface area is 462 Å². The van der Waals surface area contributed by atoms with Crippen LogP contribution < -0.4 is 26.2 Å². The van der Waals surface area contributed by atoms with Gasteiger partial charge in [0.15, 0.2) is 0 Å². The number of unbranched alkanes of at least 4 members (excludes halogenated alkanes) is 3. The Morgan fingerprint density at radius 2 is 1.56 bits per heavy atom. The number of benzene rings is 4. The number of rotatable bonds is 20. The first-order chi connectivity index (χ1) is 35.2. The fraction of sp³-hybridized carbons (Fsp3) is 0.429. The van der Waals surface area contributed by atoms with Crippen LogP contribution in [0, 0.1) is 5.92 Å². The molecule has 8 nitrogen and oxygen atoms in total. The molecule has 382 valence electrons. The molecule has 0 radical (unpaired) electrons. The SMILES string of the molecule is C=C1CCC(n2c(=C)c3cccc(NCCCCc4ccc(CCCCCC5CCN(Cc6cc7c(c(C(C)(I)I)c6)CN(c6cccc(C8(Cc9nncn9C)CCC8)c6)C7=C)CC5)cc4)c3c2=C)C(=C)N1. The van der Waals surface area contributed by atoms with Gasteiger partial charge in [-0.05, 0) is 154 Å². The number of aryl methyl sites for hydroxylation is 3. The highest BCUT2D eigenvalue weighted by Crippen LogP contribution is 2.50. The van der Waals surface area contributed by atoms with Crippen molar-refractivity contribution in [3.05, 3.63) is 172 Å². The number of alkyl halides is 2. The van der Waals surface area contributed by atoms with E-state index in [2.05, 4.69) is 204 Å². The normalized spacial score (nSPS) is 18.3. The fourth-order valence-corrected chi connectivity index (χ4v) is 13.6. The van der Waals surface area contributed by atoms with Gasteiger partial charge < -0.3 is 24.7 Å². The molecule has 3 fully saturated rings. The summed E-state index contributed by atoms with van der Waals surface area (Å²) in [6.45, 7) is 29.7. The minimum atomic E-state index is -0.0153. The van der Waals surface area contributed by atoms with Crippen LogP contribution >= 0.6 is 45.2 Å². The van der Waals surface area contributed by atoms with Crippen LogP contribution in [0.3, 0.4) is 0 Å². The zero-order valence-electron chi connectivity index (χ0n) is 43.6. The molecule has 6 aromatic rings. The Kier molecular flexibility index (Phi) is 15.8. The highest BCUT2D eigenvalue weighted by Gasteiger charge is 2.41. The Hall–Kier alpha value is -4.66. The molecule has 73 heavy (non-hydrogen) atoms. The van der Waals surface area contributed by atoms with Gasteiger partial charge in [-0.25, -0.2) is 0 Å². The van der Waals surface area contributed by atoms with E-state index in [4.69, 9.17) is 6.58 Å². The summed E-state index contributed by atoms with van der Waals surface area (Å²) < 4.78 is 4.33. The summed E-state index contributed by atoms with van der Waals surface area (Å²) in [5, 5.41) is 20.1. The third-order valence-corrected chi connectivity index (χ3v) is 18.2. The van der Waals surface area contributed by atoms with E-state index in [1.807, 2.05) is 6.33 Å². The Bertz CT molecular complexity index is 3090. The number of piperidine rings is 2. The van der Waals surface area contributed by atoms with Gasteiger partial charge in [-0.15, -0.1) is 10.2 Å². The minimum absolute atomic E-state index is 0.0153. The standard InChI is InChI=1S/C63H76I2N8/c1-43-23-28-59(44(2)68-43)73-46(4)54-21-14-22-58(61(54)47(73)5)66-33-12-11-18-49-26-24-48(25-27-49)16-9-8-10-17-50-29-34-71(35-30-50)40-51-36-55-45(3)72(41-56(55)57(37-51)62(6,64)65)53-20-13-19-52(38-53)63(31-15-32-63)39-60-69-67-42-70(60)7/h13-14,19-22,24-27,36-38,42,50,59,66,68H,1-5,8-12,15-18,23,28-35,39-41H2,6-7H3. The van der Waals surface area contributed by atoms with E-state index in [0.29, 0.717) is 0 Å². The first-order valence-corrected chi connectivity index (χ1v) is 29.3. The van der Waals surface area contributed by atoms with Crippen LogP contribution in [0.4, 0.5) is 11.4 Å². The van der Waals surface area contributed by atoms with Gasteiger partial charge >= 0.3 is 0 Å². The maximum atomic E-state index is 4.76. The van der Waals surface area contributed by atoms with Crippen molar-refractivity contribution in [2.24, 2.45) is 13.0 Å². The first kappa shape index (κ1) is 51.8. The zero-order valence-corrected chi connectivity index (χ0v) is 47.9. The highest BCUT2D eigenvalue weighted by molar-refractivity contribution is 14.2. The molecule has 1 aliphatic carbocycles. The number of nitrogens with zero attached hydrogens (tertiary/aromatic N) is 6. The number of hydrogen-bond donors (Lipinski definition) is 2. The number of halogens is 2. The lowest BCUT2D eigenvalue weighted by atomic mass is 9.62. The van der Waals surface area contributed by atoms with Gasteiger partial charge in [0.25, 0.3) is 0 Å². The molecule has 1 saturated carbocycles. The quantitative estimate of drug-likeness (QED) is 0.0451. The predicted molar refractivity (Wildman–Crippen MR) is 324 cm³/mol. The molecule has 1 atom stereocenters. The van der Waals surface area contributed by atoms with Gasteiger partial charge in [0.1, 0.15) is 12.2 Å². The summed E-state index contributed by atoms with van der Waals surface area (Å²) in [4.78, 5) is 5.17. The second-order valence-corrected chi connectivity index (χ2v) is 28.5. The molecule has 2 aromatic heterocycles. The summed E-state index contributed by atoms with van der Waals surface area (Å²) in [6, 6.07) is 30.4. The average molecular weight is 1200 g/mol. The van der Waals surface area contributed by atoms with Crippen LogP contribution in [0.5, 0.6) is 0 Å². The van der Waals surface area contributed by atoms with Crippen molar-refractivity contribution in [1.82, 2.24) is 29.5 Å². The molecule has 10 rings (SSSR count). The lowest BCUT2D eigenvalue weighted by Gasteiger charge is -2.42. The number of nitrogens with one attached hydrogen (secondary N) is 2. The molecule has 5 heterocycles. The van der Waals surface area contributed by atoms with Gasteiger partial charge in [0.2, 0.25) is 0 Å². The van der Waals surface area contributed by atoms with E-state index >= 15 is 0 Å². The van der Waals surface area contributed by atoms with E-state index in [0.717, 1.165) is 109 Å². The molecular weight excluding hydrogens is 1120 g/mol. The maximum absolute atomic E-state index is 4.76. The maximum Gasteiger partial charge on any atom is 0.133 e. The van der Waals surface area contributed by atoms with Crippen LogP contribution in [0.15, 0.2) is 116 Å². The van der Waals surface area contributed by atoms with Crippen molar-refractivity contribution >= 4 is 86.2 Å². The smallest absolute Gasteiger partial charge is 0.133 e. The predicted octanol–water partition coefficient (Wildman–Crippen LogP) is 13.7. The summed E-state index contributed by atoms with van der Waals surface area (Å²) in [7, 11) is 2.06. The van der Waals surface area contributed by atoms with Crippen molar-refractivity contribution < 1.29 is 0 Å². The number of aromatic nitrogens is 4. The van der Waals surface area contributed by atoms with E-state index in [1.165, 1.54) is 127 Å². The van der Waals surface area contributed by atoms with Gasteiger partial charge in [0.05, 0.1) is 7.47 Å². The van der Waals surface area contributed by atoms with E-state index in [-0.39, 0.29) is 12.9 Å². The third kappa shape index (κ3) is 11.3. The summed E-state index contributed by atoms with van der Waals surface area (Å²) >= 11 is 5.28. The monoisotopic (exact) mass is 1200 g/mol. The van der Waals surface area contributed by atoms with Crippen LogP contribution in [-0.2, 0) is 46.2 Å². The molecule has 10 heteroatoms. The molecular formula is C63H76I2N8. The van der Waals surface area contributed by atoms with E-state index < -0.39 is 0 Å². The molecule has 4 aromatic carbocycles. The van der Waals surface area contributed by atoms with Crippen LogP contribution in [0.2, 0.25) is 0 Å². The van der Waals surface area contributed by atoms with Gasteiger partial charge in [-0.3, -0.25) is 4.90 Å². The van der Waals surface area contributed by atoms with Gasteiger partial charge in [0, 0.05) is 94.0 Å². The number of fused-ring (bicyclic) bond motifs is 2. The number of hydrogen-bond acceptors (Lipinski definition) is 6. The second kappa shape index (κ2) is 22.3. The van der Waals surface area contributed by atoms with Crippen molar-refractivity contribution in [2.75, 3.05) is 29.9 Å². The lowest BCUT2D eigenvalue weighted by molar-refractivity contribution is 0.170. The third-order valence-electron chi connectivity index (χ3n) is 17.1.